The number of ether oxygens (including phenoxy) is 1. The van der Waals surface area contributed by atoms with E-state index in [1.807, 2.05) is 0 Å². The molecule has 0 aromatic heterocycles. The fraction of sp³-hybridized carbons (Fsp3) is 1.00. The summed E-state index contributed by atoms with van der Waals surface area (Å²) in [4.78, 5) is 2.64. The fourth-order valence-electron chi connectivity index (χ4n) is 4.74. The Morgan fingerprint density at radius 3 is 2.35 bits per heavy atom. The minimum Gasteiger partial charge on any atom is -0.378 e. The second-order valence-electron chi connectivity index (χ2n) is 7.74. The Balaban J connectivity index is 0.00000132. The molecule has 23 heavy (non-hydrogen) atoms. The topological polar surface area (TPSA) is 24.5 Å². The van der Waals surface area contributed by atoms with Crippen LogP contribution in [0.5, 0.6) is 0 Å². The van der Waals surface area contributed by atoms with Crippen LogP contribution < -0.4 is 5.32 Å². The molecule has 2 heterocycles. The van der Waals surface area contributed by atoms with Gasteiger partial charge >= 0.3 is 0 Å². The van der Waals surface area contributed by atoms with E-state index >= 15 is 0 Å². The largest absolute Gasteiger partial charge is 0.378 e. The first-order valence-corrected chi connectivity index (χ1v) is 9.30. The number of hydrogen-bond acceptors (Lipinski definition) is 3. The molecular formula is C18H36Cl2N2O. The summed E-state index contributed by atoms with van der Waals surface area (Å²) in [5.74, 6) is 0. The third kappa shape index (κ3) is 6.04. The zero-order valence-electron chi connectivity index (χ0n) is 14.7. The molecule has 1 N–H and O–H groups in total. The van der Waals surface area contributed by atoms with Crippen LogP contribution >= 0.6 is 24.8 Å². The molecule has 2 aliphatic heterocycles. The van der Waals surface area contributed by atoms with Gasteiger partial charge < -0.3 is 15.0 Å². The molecule has 0 aromatic carbocycles. The highest BCUT2D eigenvalue weighted by Crippen LogP contribution is 2.44. The van der Waals surface area contributed by atoms with Gasteiger partial charge in [0.15, 0.2) is 0 Å². The summed E-state index contributed by atoms with van der Waals surface area (Å²) >= 11 is 0. The van der Waals surface area contributed by atoms with Crippen LogP contribution in [0, 0.1) is 5.41 Å². The van der Waals surface area contributed by atoms with E-state index in [4.69, 9.17) is 4.74 Å². The molecule has 1 saturated carbocycles. The van der Waals surface area contributed by atoms with E-state index in [1.54, 1.807) is 0 Å². The van der Waals surface area contributed by atoms with Crippen LogP contribution in [-0.2, 0) is 4.74 Å². The smallest absolute Gasteiger partial charge is 0.0576 e. The summed E-state index contributed by atoms with van der Waals surface area (Å²) in [6, 6.07) is 0.843. The summed E-state index contributed by atoms with van der Waals surface area (Å²) in [6.07, 6.45) is 14.4. The Labute approximate surface area is 155 Å². The number of hydrogen-bond donors (Lipinski definition) is 1. The molecule has 3 nitrogen and oxygen atoms in total. The van der Waals surface area contributed by atoms with E-state index in [9.17, 15) is 0 Å². The highest BCUT2D eigenvalue weighted by molar-refractivity contribution is 5.85. The zero-order chi connectivity index (χ0) is 14.5. The lowest BCUT2D eigenvalue weighted by molar-refractivity contribution is 0.0699. The molecule has 0 aromatic rings. The quantitative estimate of drug-likeness (QED) is 0.794. The number of nitrogens with zero attached hydrogens (tertiary/aromatic N) is 1. The summed E-state index contributed by atoms with van der Waals surface area (Å²) < 4.78 is 5.73. The maximum absolute atomic E-state index is 5.73. The molecule has 0 amide bonds. The predicted octanol–water partition coefficient (Wildman–Crippen LogP) is 4.03. The molecule has 1 spiro atoms. The third-order valence-corrected chi connectivity index (χ3v) is 6.36. The Hall–Kier alpha value is 0.460. The van der Waals surface area contributed by atoms with Crippen LogP contribution in [-0.4, -0.2) is 50.3 Å². The van der Waals surface area contributed by atoms with Crippen LogP contribution in [0.2, 0.25) is 0 Å². The van der Waals surface area contributed by atoms with E-state index < -0.39 is 0 Å². The van der Waals surface area contributed by atoms with Gasteiger partial charge in [0.1, 0.15) is 0 Å². The molecule has 3 rings (SSSR count). The van der Waals surface area contributed by atoms with Crippen molar-refractivity contribution in [2.24, 2.45) is 5.41 Å². The molecule has 3 aliphatic rings. The second-order valence-corrected chi connectivity index (χ2v) is 7.74. The first-order chi connectivity index (χ1) is 10.3. The first-order valence-electron chi connectivity index (χ1n) is 9.30. The van der Waals surface area contributed by atoms with Crippen molar-refractivity contribution in [3.8, 4) is 0 Å². The number of rotatable bonds is 5. The lowest BCUT2D eigenvalue weighted by Crippen LogP contribution is -2.43. The number of piperidine rings is 1. The molecule has 5 heteroatoms. The SMILES string of the molecule is CN(CCCC1CCCO1)C1CCC2(CCNCC2)CC1.Cl.Cl. The van der Waals surface area contributed by atoms with E-state index in [2.05, 4.69) is 17.3 Å². The molecule has 1 unspecified atom stereocenters. The van der Waals surface area contributed by atoms with Crippen LogP contribution in [0.3, 0.4) is 0 Å². The Kier molecular flexibility index (Phi) is 9.77. The van der Waals surface area contributed by atoms with Crippen molar-refractivity contribution in [3.63, 3.8) is 0 Å². The Morgan fingerprint density at radius 1 is 1.04 bits per heavy atom. The van der Waals surface area contributed by atoms with Gasteiger partial charge in [-0.25, -0.2) is 0 Å². The van der Waals surface area contributed by atoms with Gasteiger partial charge in [0.25, 0.3) is 0 Å². The average Bonchev–Trinajstić information content (AvgIpc) is 3.02. The van der Waals surface area contributed by atoms with Gasteiger partial charge in [-0.15, -0.1) is 24.8 Å². The highest BCUT2D eigenvalue weighted by Gasteiger charge is 2.36. The van der Waals surface area contributed by atoms with Crippen LogP contribution in [0.15, 0.2) is 0 Å². The monoisotopic (exact) mass is 366 g/mol. The molecule has 2 saturated heterocycles. The molecule has 1 atom stereocenters. The fourth-order valence-corrected chi connectivity index (χ4v) is 4.74. The molecule has 138 valence electrons. The second kappa shape index (κ2) is 10.5. The maximum atomic E-state index is 5.73. The number of halogens is 2. The summed E-state index contributed by atoms with van der Waals surface area (Å²) in [7, 11) is 2.35. The van der Waals surface area contributed by atoms with Gasteiger partial charge in [-0.2, -0.15) is 0 Å². The first kappa shape index (κ1) is 21.5. The lowest BCUT2D eigenvalue weighted by atomic mass is 9.67. The molecule has 3 fully saturated rings. The minimum atomic E-state index is 0. The molecule has 1 aliphatic carbocycles. The van der Waals surface area contributed by atoms with E-state index in [0.717, 1.165) is 12.6 Å². The standard InChI is InChI=1S/C18H34N2O.2ClH/c1-20(14-2-4-17-5-3-15-21-17)16-6-8-18(9-7-16)10-12-19-13-11-18;;/h16-17,19H,2-15H2,1H3;2*1H. The van der Waals surface area contributed by atoms with Gasteiger partial charge in [0.05, 0.1) is 6.10 Å². The van der Waals surface area contributed by atoms with E-state index in [-0.39, 0.29) is 24.8 Å². The van der Waals surface area contributed by atoms with Crippen molar-refractivity contribution in [2.45, 2.75) is 76.4 Å². The van der Waals surface area contributed by atoms with Crippen molar-refractivity contribution in [1.82, 2.24) is 10.2 Å². The summed E-state index contributed by atoms with van der Waals surface area (Å²) in [5.41, 5.74) is 0.709. The van der Waals surface area contributed by atoms with E-state index in [0.29, 0.717) is 11.5 Å². The zero-order valence-corrected chi connectivity index (χ0v) is 16.4. The minimum absolute atomic E-state index is 0. The molecule has 0 radical (unpaired) electrons. The predicted molar refractivity (Wildman–Crippen MR) is 102 cm³/mol. The Morgan fingerprint density at radius 2 is 1.74 bits per heavy atom. The average molecular weight is 367 g/mol. The molecule has 0 bridgehead atoms. The summed E-state index contributed by atoms with van der Waals surface area (Å²) in [6.45, 7) is 4.77. The van der Waals surface area contributed by atoms with Crippen molar-refractivity contribution in [3.05, 3.63) is 0 Å². The van der Waals surface area contributed by atoms with E-state index in [1.165, 1.54) is 83.8 Å². The van der Waals surface area contributed by atoms with Gasteiger partial charge in [0.2, 0.25) is 0 Å². The van der Waals surface area contributed by atoms with Gasteiger partial charge in [0, 0.05) is 12.6 Å². The molecular weight excluding hydrogens is 331 g/mol. The highest BCUT2D eigenvalue weighted by atomic mass is 35.5. The number of nitrogens with one attached hydrogen (secondary N) is 1. The maximum Gasteiger partial charge on any atom is 0.0576 e. The van der Waals surface area contributed by atoms with Gasteiger partial charge in [-0.05, 0) is 96.3 Å². The lowest BCUT2D eigenvalue weighted by Gasteiger charge is -2.45. The van der Waals surface area contributed by atoms with Crippen molar-refractivity contribution < 1.29 is 4.74 Å². The van der Waals surface area contributed by atoms with Crippen LogP contribution in [0.25, 0.3) is 0 Å². The van der Waals surface area contributed by atoms with Crippen molar-refractivity contribution in [1.29, 1.82) is 0 Å². The van der Waals surface area contributed by atoms with Crippen molar-refractivity contribution >= 4 is 24.8 Å². The third-order valence-electron chi connectivity index (χ3n) is 6.36. The van der Waals surface area contributed by atoms with Crippen LogP contribution in [0.1, 0.15) is 64.2 Å². The van der Waals surface area contributed by atoms with Gasteiger partial charge in [-0.1, -0.05) is 0 Å². The normalized spacial score (nSPS) is 27.7. The van der Waals surface area contributed by atoms with Crippen LogP contribution in [0.4, 0.5) is 0 Å². The van der Waals surface area contributed by atoms with Crippen molar-refractivity contribution in [2.75, 3.05) is 33.3 Å². The van der Waals surface area contributed by atoms with Gasteiger partial charge in [-0.3, -0.25) is 0 Å². The summed E-state index contributed by atoms with van der Waals surface area (Å²) in [5, 5.41) is 3.52. The Bertz CT molecular complexity index is 308.